The van der Waals surface area contributed by atoms with Crippen LogP contribution in [0.15, 0.2) is 133 Å². The molecule has 1 atom stereocenters. The first-order valence-corrected chi connectivity index (χ1v) is 14.3. The Bertz CT molecular complexity index is 1760. The summed E-state index contributed by atoms with van der Waals surface area (Å²) in [5.74, 6) is 0. The lowest BCUT2D eigenvalue weighted by molar-refractivity contribution is 0.280. The van der Waals surface area contributed by atoms with Crippen LogP contribution >= 0.6 is 0 Å². The quantitative estimate of drug-likeness (QED) is 0.203. The minimum atomic E-state index is -0.275. The Labute approximate surface area is 243 Å². The highest BCUT2D eigenvalue weighted by Gasteiger charge is 2.33. The van der Waals surface area contributed by atoms with Gasteiger partial charge in [0.25, 0.3) is 0 Å². The Hall–Kier alpha value is -4.60. The van der Waals surface area contributed by atoms with Gasteiger partial charge in [-0.2, -0.15) is 0 Å². The number of nitrogens with one attached hydrogen (secondary N) is 1. The van der Waals surface area contributed by atoms with Crippen LogP contribution in [0, 0.1) is 0 Å². The van der Waals surface area contributed by atoms with Gasteiger partial charge in [0.1, 0.15) is 0 Å². The maximum atomic E-state index is 10.2. The molecule has 3 heteroatoms. The van der Waals surface area contributed by atoms with E-state index >= 15 is 0 Å². The summed E-state index contributed by atoms with van der Waals surface area (Å²) in [7, 11) is 3.51. The molecule has 0 saturated carbocycles. The molecule has 1 aliphatic carbocycles. The van der Waals surface area contributed by atoms with E-state index in [2.05, 4.69) is 128 Å². The number of anilines is 2. The average molecular weight is 537 g/mol. The maximum absolute atomic E-state index is 10.2. The Morgan fingerprint density at radius 3 is 2.15 bits per heavy atom. The zero-order chi connectivity index (χ0) is 28.4. The summed E-state index contributed by atoms with van der Waals surface area (Å²) in [6.45, 7) is 2.37. The molecule has 0 amide bonds. The lowest BCUT2D eigenvalue weighted by Crippen LogP contribution is -2.27. The number of rotatable bonds is 7. The molecule has 0 heterocycles. The summed E-state index contributed by atoms with van der Waals surface area (Å²) in [4.78, 5) is 0. The molecule has 6 rings (SSSR count). The highest BCUT2D eigenvalue weighted by molar-refractivity contribution is 5.87. The highest BCUT2D eigenvalue weighted by Crippen LogP contribution is 2.44. The fourth-order valence-corrected chi connectivity index (χ4v) is 6.12. The van der Waals surface area contributed by atoms with Gasteiger partial charge in [0.15, 0.2) is 0 Å². The Morgan fingerprint density at radius 2 is 1.41 bits per heavy atom. The van der Waals surface area contributed by atoms with Gasteiger partial charge in [0.05, 0.1) is 11.4 Å². The molecule has 5 aromatic carbocycles. The van der Waals surface area contributed by atoms with Crippen LogP contribution in [0.25, 0.3) is 33.0 Å². The van der Waals surface area contributed by atoms with Crippen LogP contribution in [-0.2, 0) is 5.41 Å². The van der Waals surface area contributed by atoms with Crippen molar-refractivity contribution in [2.45, 2.75) is 25.2 Å². The second kappa shape index (κ2) is 11.1. The molecule has 204 valence electrons. The molecule has 1 aliphatic rings. The van der Waals surface area contributed by atoms with E-state index in [1.165, 1.54) is 38.6 Å². The second-order valence-corrected chi connectivity index (χ2v) is 11.0. The van der Waals surface area contributed by atoms with Gasteiger partial charge in [0, 0.05) is 19.5 Å². The zero-order valence-electron chi connectivity index (χ0n) is 23.9. The molecular weight excluding hydrogens is 500 g/mol. The Balaban J connectivity index is 1.42. The smallest absolute Gasteiger partial charge is 0.0868 e. The number of hydroxylamine groups is 1. The van der Waals surface area contributed by atoms with E-state index in [4.69, 9.17) is 0 Å². The molecule has 2 N–H and O–H groups in total. The first kappa shape index (κ1) is 26.6. The van der Waals surface area contributed by atoms with Crippen LogP contribution in [0.2, 0.25) is 0 Å². The van der Waals surface area contributed by atoms with Crippen molar-refractivity contribution in [2.75, 3.05) is 24.5 Å². The molecule has 1 unspecified atom stereocenters. The highest BCUT2D eigenvalue weighted by atomic mass is 16.5. The van der Waals surface area contributed by atoms with E-state index in [1.807, 2.05) is 19.2 Å². The Morgan fingerprint density at radius 1 is 0.707 bits per heavy atom. The Kier molecular flexibility index (Phi) is 7.21. The lowest BCUT2D eigenvalue weighted by atomic mass is 9.68. The van der Waals surface area contributed by atoms with E-state index in [1.54, 1.807) is 7.05 Å². The molecule has 0 aromatic heterocycles. The number of benzene rings is 5. The van der Waals surface area contributed by atoms with Crippen LogP contribution in [0.1, 0.15) is 30.9 Å². The molecule has 0 radical (unpaired) electrons. The van der Waals surface area contributed by atoms with Crippen molar-refractivity contribution in [3.05, 3.63) is 144 Å². The van der Waals surface area contributed by atoms with Gasteiger partial charge in [-0.15, -0.1) is 0 Å². The third kappa shape index (κ3) is 5.05. The third-order valence-corrected chi connectivity index (χ3v) is 8.59. The largest absolute Gasteiger partial charge is 0.386 e. The molecule has 0 spiro atoms. The van der Waals surface area contributed by atoms with Crippen LogP contribution < -0.4 is 10.4 Å². The molecule has 5 aromatic rings. The average Bonchev–Trinajstić information content (AvgIpc) is 3.04. The number of hydrogen-bond acceptors (Lipinski definition) is 3. The van der Waals surface area contributed by atoms with Crippen molar-refractivity contribution in [2.24, 2.45) is 0 Å². The number of nitrogens with zero attached hydrogens (tertiary/aromatic N) is 1. The predicted molar refractivity (Wildman–Crippen MR) is 174 cm³/mol. The summed E-state index contributed by atoms with van der Waals surface area (Å²) < 4.78 is 0. The van der Waals surface area contributed by atoms with Gasteiger partial charge in [-0.3, -0.25) is 10.3 Å². The molecule has 0 bridgehead atoms. The van der Waals surface area contributed by atoms with Gasteiger partial charge in [-0.05, 0) is 88.2 Å². The van der Waals surface area contributed by atoms with Crippen LogP contribution in [0.5, 0.6) is 0 Å². The van der Waals surface area contributed by atoms with Gasteiger partial charge in [-0.1, -0.05) is 109 Å². The zero-order valence-corrected chi connectivity index (χ0v) is 23.9. The minimum absolute atomic E-state index is 0.275. The third-order valence-electron chi connectivity index (χ3n) is 8.59. The summed E-state index contributed by atoms with van der Waals surface area (Å²) in [5, 5.41) is 17.0. The molecule has 0 fully saturated rings. The number of fused-ring (bicyclic) bond motifs is 1. The fraction of sp³-hybridized carbons (Fsp3) is 0.158. The monoisotopic (exact) mass is 536 g/mol. The number of hydrogen-bond donors (Lipinski definition) is 2. The van der Waals surface area contributed by atoms with Crippen molar-refractivity contribution in [3.63, 3.8) is 0 Å². The minimum Gasteiger partial charge on any atom is -0.386 e. The topological polar surface area (TPSA) is 35.5 Å². The first-order valence-electron chi connectivity index (χ1n) is 14.3. The van der Waals surface area contributed by atoms with E-state index in [-0.39, 0.29) is 5.41 Å². The van der Waals surface area contributed by atoms with Gasteiger partial charge < -0.3 is 5.32 Å². The summed E-state index contributed by atoms with van der Waals surface area (Å²) in [6, 6.07) is 39.4. The molecule has 0 aliphatic heterocycles. The van der Waals surface area contributed by atoms with Gasteiger partial charge in [-0.25, -0.2) is 0 Å². The summed E-state index contributed by atoms with van der Waals surface area (Å²) in [6.07, 6.45) is 8.85. The van der Waals surface area contributed by atoms with Crippen molar-refractivity contribution in [1.29, 1.82) is 0 Å². The van der Waals surface area contributed by atoms with E-state index in [0.717, 1.165) is 40.4 Å². The van der Waals surface area contributed by atoms with Gasteiger partial charge >= 0.3 is 0 Å². The van der Waals surface area contributed by atoms with Crippen molar-refractivity contribution >= 4 is 22.1 Å². The first-order chi connectivity index (χ1) is 20.0. The molecule has 0 saturated heterocycles. The van der Waals surface area contributed by atoms with Crippen LogP contribution in [0.3, 0.4) is 0 Å². The van der Waals surface area contributed by atoms with Gasteiger partial charge in [0.2, 0.25) is 0 Å². The normalized spacial score (nSPS) is 14.4. The number of allylic oxidation sites excluding steroid dienone is 4. The van der Waals surface area contributed by atoms with Crippen molar-refractivity contribution in [3.8, 4) is 22.3 Å². The molecule has 3 nitrogen and oxygen atoms in total. The van der Waals surface area contributed by atoms with Crippen molar-refractivity contribution < 1.29 is 5.21 Å². The fourth-order valence-electron chi connectivity index (χ4n) is 6.12. The van der Waals surface area contributed by atoms with E-state index in [0.29, 0.717) is 0 Å². The predicted octanol–water partition coefficient (Wildman–Crippen LogP) is 9.62. The lowest BCUT2D eigenvalue weighted by Gasteiger charge is -2.35. The van der Waals surface area contributed by atoms with Crippen LogP contribution in [0.4, 0.5) is 11.4 Å². The van der Waals surface area contributed by atoms with E-state index < -0.39 is 0 Å². The SMILES string of the molecule is CNc1ccc(-c2ccc(C(C)(C3=CC=CCC3)c3cccc(-c4ccc5ccccc5c4)c3)cc2)cc1N(C)O. The molecule has 41 heavy (non-hydrogen) atoms. The maximum Gasteiger partial charge on any atom is 0.0868 e. The second-order valence-electron chi connectivity index (χ2n) is 11.0. The van der Waals surface area contributed by atoms with Crippen molar-refractivity contribution in [1.82, 2.24) is 0 Å². The summed E-state index contributed by atoms with van der Waals surface area (Å²) in [5.41, 5.74) is 9.97. The summed E-state index contributed by atoms with van der Waals surface area (Å²) >= 11 is 0. The van der Waals surface area contributed by atoms with E-state index in [9.17, 15) is 5.21 Å². The standard InChI is InChI=1S/C38H36N2O/c1-38(33-13-5-4-6-14-33,34-21-18-28(19-22-34)32-20-23-36(39-2)37(26-32)40(3)41)35-15-9-12-30(25-35)31-17-16-27-10-7-8-11-29(27)24-31/h4-5,7-13,15-26,39,41H,6,14H2,1-3H3. The molecular formula is C38H36N2O. The van der Waals surface area contributed by atoms with Crippen LogP contribution in [-0.4, -0.2) is 19.3 Å².